The Bertz CT molecular complexity index is 514. The van der Waals surface area contributed by atoms with Gasteiger partial charge in [-0.3, -0.25) is 4.98 Å². The number of nitrogen functional groups attached to an aromatic ring is 1. The van der Waals surface area contributed by atoms with Gasteiger partial charge in [-0.05, 0) is 30.7 Å². The maximum Gasteiger partial charge on any atom is 0.130 e. The number of benzene rings is 1. The van der Waals surface area contributed by atoms with Gasteiger partial charge in [0.25, 0.3) is 0 Å². The number of anilines is 1. The SMILES string of the molecule is CCCOCCOc1ccnc2cc(N)ccc12. The zero-order valence-electron chi connectivity index (χ0n) is 10.6. The van der Waals surface area contributed by atoms with Crippen molar-refractivity contribution in [2.75, 3.05) is 25.6 Å². The van der Waals surface area contributed by atoms with Gasteiger partial charge < -0.3 is 15.2 Å². The predicted octanol–water partition coefficient (Wildman–Crippen LogP) is 2.62. The number of nitrogens with zero attached hydrogens (tertiary/aromatic N) is 1. The Morgan fingerprint density at radius 2 is 2.06 bits per heavy atom. The Morgan fingerprint density at radius 1 is 1.17 bits per heavy atom. The summed E-state index contributed by atoms with van der Waals surface area (Å²) in [6.07, 6.45) is 2.75. The summed E-state index contributed by atoms with van der Waals surface area (Å²) in [6.45, 7) is 4.01. The molecule has 0 radical (unpaired) electrons. The first-order valence-electron chi connectivity index (χ1n) is 6.16. The molecule has 0 saturated heterocycles. The van der Waals surface area contributed by atoms with Crippen molar-refractivity contribution in [3.63, 3.8) is 0 Å². The summed E-state index contributed by atoms with van der Waals surface area (Å²) in [4.78, 5) is 4.27. The fraction of sp³-hybridized carbons (Fsp3) is 0.357. The van der Waals surface area contributed by atoms with E-state index in [0.717, 1.165) is 29.7 Å². The molecule has 0 spiro atoms. The van der Waals surface area contributed by atoms with Crippen LogP contribution < -0.4 is 10.5 Å². The molecule has 96 valence electrons. The van der Waals surface area contributed by atoms with E-state index in [4.69, 9.17) is 15.2 Å². The van der Waals surface area contributed by atoms with Crippen LogP contribution in [0.3, 0.4) is 0 Å². The van der Waals surface area contributed by atoms with E-state index < -0.39 is 0 Å². The van der Waals surface area contributed by atoms with Crippen LogP contribution in [0, 0.1) is 0 Å². The standard InChI is InChI=1S/C14H18N2O2/c1-2-7-17-8-9-18-14-5-6-16-13-10-11(15)3-4-12(13)14/h3-6,10H,2,7-9,15H2,1H3. The molecule has 2 N–H and O–H groups in total. The van der Waals surface area contributed by atoms with Gasteiger partial charge in [-0.1, -0.05) is 6.92 Å². The van der Waals surface area contributed by atoms with Crippen molar-refractivity contribution in [3.8, 4) is 5.75 Å². The number of rotatable bonds is 6. The molecule has 1 aromatic carbocycles. The highest BCUT2D eigenvalue weighted by atomic mass is 16.5. The number of aromatic nitrogens is 1. The molecular formula is C14H18N2O2. The van der Waals surface area contributed by atoms with E-state index in [1.54, 1.807) is 6.20 Å². The summed E-state index contributed by atoms with van der Waals surface area (Å²) in [5, 5.41) is 0.974. The van der Waals surface area contributed by atoms with Crippen LogP contribution in [0.15, 0.2) is 30.5 Å². The second-order valence-corrected chi connectivity index (χ2v) is 4.05. The van der Waals surface area contributed by atoms with E-state index >= 15 is 0 Å². The first-order valence-corrected chi connectivity index (χ1v) is 6.16. The first kappa shape index (κ1) is 12.6. The van der Waals surface area contributed by atoms with Crippen LogP contribution in [0.1, 0.15) is 13.3 Å². The Balaban J connectivity index is 2.04. The number of nitrogens with two attached hydrogens (primary N) is 1. The zero-order chi connectivity index (χ0) is 12.8. The third kappa shape index (κ3) is 3.11. The van der Waals surface area contributed by atoms with Gasteiger partial charge >= 0.3 is 0 Å². The van der Waals surface area contributed by atoms with Crippen LogP contribution in [-0.2, 0) is 4.74 Å². The molecule has 0 fully saturated rings. The van der Waals surface area contributed by atoms with Gasteiger partial charge in [0.1, 0.15) is 12.4 Å². The van der Waals surface area contributed by atoms with E-state index in [-0.39, 0.29) is 0 Å². The molecule has 1 aromatic heterocycles. The first-order chi connectivity index (χ1) is 8.81. The van der Waals surface area contributed by atoms with E-state index in [0.29, 0.717) is 18.9 Å². The maximum atomic E-state index is 5.73. The predicted molar refractivity (Wildman–Crippen MR) is 72.8 cm³/mol. The second kappa shape index (κ2) is 6.21. The molecule has 0 unspecified atom stereocenters. The lowest BCUT2D eigenvalue weighted by Crippen LogP contribution is -2.07. The van der Waals surface area contributed by atoms with Gasteiger partial charge in [0.15, 0.2) is 0 Å². The normalized spacial score (nSPS) is 10.7. The molecule has 2 aromatic rings. The van der Waals surface area contributed by atoms with Crippen LogP contribution in [0.25, 0.3) is 10.9 Å². The molecule has 4 heteroatoms. The minimum Gasteiger partial charge on any atom is -0.490 e. The van der Waals surface area contributed by atoms with Crippen molar-refractivity contribution in [2.24, 2.45) is 0 Å². The lowest BCUT2D eigenvalue weighted by Gasteiger charge is -2.09. The summed E-state index contributed by atoms with van der Waals surface area (Å²) in [6, 6.07) is 7.48. The minimum atomic E-state index is 0.545. The van der Waals surface area contributed by atoms with Crippen molar-refractivity contribution >= 4 is 16.6 Å². The lowest BCUT2D eigenvalue weighted by molar-refractivity contribution is 0.101. The molecule has 0 saturated carbocycles. The van der Waals surface area contributed by atoms with Crippen LogP contribution in [0.5, 0.6) is 5.75 Å². The fourth-order valence-electron chi connectivity index (χ4n) is 1.72. The van der Waals surface area contributed by atoms with Crippen molar-refractivity contribution in [1.29, 1.82) is 0 Å². The van der Waals surface area contributed by atoms with Gasteiger partial charge in [-0.2, -0.15) is 0 Å². The van der Waals surface area contributed by atoms with Gasteiger partial charge in [0.2, 0.25) is 0 Å². The Labute approximate surface area is 107 Å². The molecule has 0 aliphatic rings. The summed E-state index contributed by atoms with van der Waals surface area (Å²) in [5.74, 6) is 0.820. The van der Waals surface area contributed by atoms with Crippen LogP contribution >= 0.6 is 0 Å². The van der Waals surface area contributed by atoms with Crippen molar-refractivity contribution in [1.82, 2.24) is 4.98 Å². The molecule has 18 heavy (non-hydrogen) atoms. The number of ether oxygens (including phenoxy) is 2. The topological polar surface area (TPSA) is 57.4 Å². The molecule has 0 amide bonds. The van der Waals surface area contributed by atoms with Crippen molar-refractivity contribution < 1.29 is 9.47 Å². The molecule has 0 bridgehead atoms. The van der Waals surface area contributed by atoms with E-state index in [9.17, 15) is 0 Å². The maximum absolute atomic E-state index is 5.73. The third-order valence-corrected chi connectivity index (χ3v) is 2.56. The van der Waals surface area contributed by atoms with Gasteiger partial charge in [-0.25, -0.2) is 0 Å². The number of pyridine rings is 1. The van der Waals surface area contributed by atoms with E-state index in [1.807, 2.05) is 24.3 Å². The summed E-state index contributed by atoms with van der Waals surface area (Å²) in [5.41, 5.74) is 7.28. The minimum absolute atomic E-state index is 0.545. The molecule has 1 heterocycles. The van der Waals surface area contributed by atoms with Crippen molar-refractivity contribution in [2.45, 2.75) is 13.3 Å². The van der Waals surface area contributed by atoms with E-state index in [1.165, 1.54) is 0 Å². The fourth-order valence-corrected chi connectivity index (χ4v) is 1.72. The number of fused-ring (bicyclic) bond motifs is 1. The average Bonchev–Trinajstić information content (AvgIpc) is 2.38. The van der Waals surface area contributed by atoms with Gasteiger partial charge in [0.05, 0.1) is 12.1 Å². The molecular weight excluding hydrogens is 228 g/mol. The average molecular weight is 246 g/mol. The number of hydrogen-bond acceptors (Lipinski definition) is 4. The number of hydrogen-bond donors (Lipinski definition) is 1. The highest BCUT2D eigenvalue weighted by Crippen LogP contribution is 2.25. The van der Waals surface area contributed by atoms with Crippen LogP contribution in [0.4, 0.5) is 5.69 Å². The van der Waals surface area contributed by atoms with Crippen LogP contribution in [-0.4, -0.2) is 24.8 Å². The van der Waals surface area contributed by atoms with Gasteiger partial charge in [-0.15, -0.1) is 0 Å². The lowest BCUT2D eigenvalue weighted by atomic mass is 10.2. The van der Waals surface area contributed by atoms with Crippen molar-refractivity contribution in [3.05, 3.63) is 30.5 Å². The monoisotopic (exact) mass is 246 g/mol. The quantitative estimate of drug-likeness (QED) is 0.628. The van der Waals surface area contributed by atoms with Gasteiger partial charge in [0, 0.05) is 23.9 Å². The zero-order valence-corrected chi connectivity index (χ0v) is 10.6. The molecule has 0 aliphatic carbocycles. The second-order valence-electron chi connectivity index (χ2n) is 4.05. The Hall–Kier alpha value is -1.81. The third-order valence-electron chi connectivity index (χ3n) is 2.56. The molecule has 0 aliphatic heterocycles. The summed E-state index contributed by atoms with van der Waals surface area (Å²) < 4.78 is 11.1. The summed E-state index contributed by atoms with van der Waals surface area (Å²) in [7, 11) is 0. The molecule has 0 atom stereocenters. The Morgan fingerprint density at radius 3 is 2.89 bits per heavy atom. The highest BCUT2D eigenvalue weighted by molar-refractivity contribution is 5.87. The highest BCUT2D eigenvalue weighted by Gasteiger charge is 2.03. The van der Waals surface area contributed by atoms with E-state index in [2.05, 4.69) is 11.9 Å². The smallest absolute Gasteiger partial charge is 0.130 e. The summed E-state index contributed by atoms with van der Waals surface area (Å²) >= 11 is 0. The Kier molecular flexibility index (Phi) is 4.36. The molecule has 2 rings (SSSR count). The molecule has 4 nitrogen and oxygen atoms in total. The van der Waals surface area contributed by atoms with Crippen LogP contribution in [0.2, 0.25) is 0 Å². The largest absolute Gasteiger partial charge is 0.490 e.